The van der Waals surface area contributed by atoms with Crippen molar-refractivity contribution >= 4 is 24.6 Å². The van der Waals surface area contributed by atoms with Crippen LogP contribution in [0.3, 0.4) is 0 Å². The number of hydrogen-bond acceptors (Lipinski definition) is 3. The third-order valence-electron chi connectivity index (χ3n) is 0.653. The number of thiol groups is 1. The molecular weight excluding hydrogens is 144 g/mol. The zero-order valence-electron chi connectivity index (χ0n) is 4.44. The molecule has 0 aromatic heterocycles. The molecule has 0 rings (SSSR count). The summed E-state index contributed by atoms with van der Waals surface area (Å²) >= 11 is 3.48. The van der Waals surface area contributed by atoms with Gasteiger partial charge in [0, 0.05) is 0 Å². The van der Waals surface area contributed by atoms with Crippen LogP contribution >= 0.6 is 12.6 Å². The SMILES string of the molecule is O=C(O)C[C@@H](S)C(=O)O. The van der Waals surface area contributed by atoms with Crippen molar-refractivity contribution in [1.29, 1.82) is 0 Å². The van der Waals surface area contributed by atoms with Crippen molar-refractivity contribution in [3.05, 3.63) is 0 Å². The van der Waals surface area contributed by atoms with E-state index < -0.39 is 23.6 Å². The Bertz CT molecular complexity index is 133. The van der Waals surface area contributed by atoms with E-state index in [2.05, 4.69) is 12.6 Å². The summed E-state index contributed by atoms with van der Waals surface area (Å²) in [6, 6.07) is 0. The van der Waals surface area contributed by atoms with Crippen LogP contribution in [-0.4, -0.2) is 27.4 Å². The lowest BCUT2D eigenvalue weighted by atomic mass is 10.3. The predicted molar refractivity (Wildman–Crippen MR) is 32.7 cm³/mol. The van der Waals surface area contributed by atoms with Crippen molar-refractivity contribution in [2.75, 3.05) is 0 Å². The molecule has 2 N–H and O–H groups in total. The molecule has 0 amide bonds. The summed E-state index contributed by atoms with van der Waals surface area (Å²) in [7, 11) is 0. The molecule has 0 bridgehead atoms. The summed E-state index contributed by atoms with van der Waals surface area (Å²) in [6.45, 7) is 0. The third-order valence-corrected chi connectivity index (χ3v) is 1.06. The third kappa shape index (κ3) is 3.84. The second kappa shape index (κ2) is 3.34. The van der Waals surface area contributed by atoms with E-state index in [4.69, 9.17) is 10.2 Å². The molecule has 0 heterocycles. The van der Waals surface area contributed by atoms with E-state index in [0.29, 0.717) is 0 Å². The first kappa shape index (κ1) is 8.29. The van der Waals surface area contributed by atoms with Gasteiger partial charge in [0.05, 0.1) is 6.42 Å². The van der Waals surface area contributed by atoms with Gasteiger partial charge < -0.3 is 10.2 Å². The highest BCUT2D eigenvalue weighted by Gasteiger charge is 2.14. The molecule has 0 saturated heterocycles. The summed E-state index contributed by atoms with van der Waals surface area (Å²) in [6.07, 6.45) is -0.446. The molecule has 4 nitrogen and oxygen atoms in total. The average Bonchev–Trinajstić information content (AvgIpc) is 1.63. The van der Waals surface area contributed by atoms with Crippen LogP contribution in [0.15, 0.2) is 0 Å². The van der Waals surface area contributed by atoms with Gasteiger partial charge >= 0.3 is 11.9 Å². The first-order chi connectivity index (χ1) is 4.04. The molecule has 5 heteroatoms. The first-order valence-corrected chi connectivity index (χ1v) is 2.68. The summed E-state index contributed by atoms with van der Waals surface area (Å²) in [4.78, 5) is 19.7. The average molecular weight is 150 g/mol. The Morgan fingerprint density at radius 2 is 1.89 bits per heavy atom. The normalized spacial score (nSPS) is 12.6. The van der Waals surface area contributed by atoms with Crippen LogP contribution in [-0.2, 0) is 9.59 Å². The highest BCUT2D eigenvalue weighted by Crippen LogP contribution is 1.99. The predicted octanol–water partition coefficient (Wildman–Crippen LogP) is -0.156. The smallest absolute Gasteiger partial charge is 0.316 e. The molecule has 0 spiro atoms. The zero-order valence-corrected chi connectivity index (χ0v) is 5.34. The number of aliphatic carboxylic acids is 2. The highest BCUT2D eigenvalue weighted by molar-refractivity contribution is 7.81. The lowest BCUT2D eigenvalue weighted by Gasteiger charge is -1.97. The Kier molecular flexibility index (Phi) is 3.08. The molecule has 0 saturated carbocycles. The molecule has 0 aliphatic rings. The number of carboxylic acids is 2. The molecule has 9 heavy (non-hydrogen) atoms. The number of carbonyl (C=O) groups is 2. The van der Waals surface area contributed by atoms with Gasteiger partial charge in [0.25, 0.3) is 0 Å². The number of hydrogen-bond donors (Lipinski definition) is 3. The van der Waals surface area contributed by atoms with E-state index in [0.717, 1.165) is 0 Å². The summed E-state index contributed by atoms with van der Waals surface area (Å²) in [5.41, 5.74) is 0. The number of carboxylic acid groups (broad SMARTS) is 2. The van der Waals surface area contributed by atoms with Crippen molar-refractivity contribution in [2.45, 2.75) is 11.7 Å². The van der Waals surface area contributed by atoms with E-state index >= 15 is 0 Å². The minimum Gasteiger partial charge on any atom is -0.481 e. The van der Waals surface area contributed by atoms with Gasteiger partial charge in [0.15, 0.2) is 0 Å². The van der Waals surface area contributed by atoms with Crippen LogP contribution in [0.4, 0.5) is 0 Å². The van der Waals surface area contributed by atoms with E-state index in [9.17, 15) is 9.59 Å². The molecule has 0 unspecified atom stereocenters. The Balaban J connectivity index is 3.63. The fourth-order valence-corrected chi connectivity index (χ4v) is 0.409. The largest absolute Gasteiger partial charge is 0.481 e. The maximum Gasteiger partial charge on any atom is 0.316 e. The number of rotatable bonds is 3. The molecular formula is C4H6O4S. The first-order valence-electron chi connectivity index (χ1n) is 2.16. The Labute approximate surface area is 56.9 Å². The maximum absolute atomic E-state index is 9.90. The summed E-state index contributed by atoms with van der Waals surface area (Å²) in [5.74, 6) is -2.36. The van der Waals surface area contributed by atoms with Gasteiger partial charge in [-0.2, -0.15) is 12.6 Å². The van der Waals surface area contributed by atoms with Gasteiger partial charge in [0.1, 0.15) is 5.25 Å². The van der Waals surface area contributed by atoms with E-state index in [1.54, 1.807) is 0 Å². The molecule has 52 valence electrons. The van der Waals surface area contributed by atoms with E-state index in [-0.39, 0.29) is 0 Å². The fourth-order valence-electron chi connectivity index (χ4n) is 0.253. The lowest BCUT2D eigenvalue weighted by molar-refractivity contribution is -0.142. The van der Waals surface area contributed by atoms with Crippen LogP contribution in [0.2, 0.25) is 0 Å². The molecule has 0 fully saturated rings. The van der Waals surface area contributed by atoms with Crippen molar-refractivity contribution < 1.29 is 19.8 Å². The molecule has 0 aromatic rings. The van der Waals surface area contributed by atoms with Crippen LogP contribution < -0.4 is 0 Å². The van der Waals surface area contributed by atoms with E-state index in [1.807, 2.05) is 0 Å². The second-order valence-corrected chi connectivity index (χ2v) is 2.08. The van der Waals surface area contributed by atoms with Gasteiger partial charge in [-0.15, -0.1) is 0 Å². The van der Waals surface area contributed by atoms with Crippen LogP contribution in [0.1, 0.15) is 6.42 Å². The Morgan fingerprint density at radius 1 is 1.44 bits per heavy atom. The second-order valence-electron chi connectivity index (χ2n) is 1.45. The highest BCUT2D eigenvalue weighted by atomic mass is 32.1. The fraction of sp³-hybridized carbons (Fsp3) is 0.500. The Hall–Kier alpha value is -0.710. The molecule has 0 aliphatic carbocycles. The Morgan fingerprint density at radius 3 is 2.00 bits per heavy atom. The molecule has 0 aromatic carbocycles. The molecule has 0 aliphatic heterocycles. The van der Waals surface area contributed by atoms with Crippen molar-refractivity contribution in [3.8, 4) is 0 Å². The van der Waals surface area contributed by atoms with Crippen LogP contribution in [0.5, 0.6) is 0 Å². The monoisotopic (exact) mass is 150 g/mol. The van der Waals surface area contributed by atoms with Crippen LogP contribution in [0.25, 0.3) is 0 Å². The minimum atomic E-state index is -1.21. The van der Waals surface area contributed by atoms with Gasteiger partial charge in [-0.05, 0) is 0 Å². The van der Waals surface area contributed by atoms with Crippen molar-refractivity contribution in [3.63, 3.8) is 0 Å². The topological polar surface area (TPSA) is 74.6 Å². The maximum atomic E-state index is 9.90. The van der Waals surface area contributed by atoms with Gasteiger partial charge in [-0.3, -0.25) is 9.59 Å². The summed E-state index contributed by atoms with van der Waals surface area (Å²) < 4.78 is 0. The van der Waals surface area contributed by atoms with Gasteiger partial charge in [-0.25, -0.2) is 0 Å². The minimum absolute atomic E-state index is 0.446. The van der Waals surface area contributed by atoms with Crippen molar-refractivity contribution in [1.82, 2.24) is 0 Å². The quantitative estimate of drug-likeness (QED) is 0.489. The van der Waals surface area contributed by atoms with Gasteiger partial charge in [-0.1, -0.05) is 0 Å². The van der Waals surface area contributed by atoms with Crippen LogP contribution in [0, 0.1) is 0 Å². The standard InChI is InChI=1S/C4H6O4S/c5-3(6)1-2(9)4(7)8/h2,9H,1H2,(H,5,6)(H,7,8)/t2-/m1/s1. The van der Waals surface area contributed by atoms with E-state index in [1.165, 1.54) is 0 Å². The molecule has 1 atom stereocenters. The lowest BCUT2D eigenvalue weighted by Crippen LogP contribution is -2.17. The zero-order chi connectivity index (χ0) is 7.44. The summed E-state index contributed by atoms with van der Waals surface area (Å²) in [5, 5.41) is 15.0. The van der Waals surface area contributed by atoms with Gasteiger partial charge in [0.2, 0.25) is 0 Å². The molecule has 0 radical (unpaired) electrons. The van der Waals surface area contributed by atoms with Crippen molar-refractivity contribution in [2.24, 2.45) is 0 Å².